The Kier molecular flexibility index (Phi) is 8.47. The van der Waals surface area contributed by atoms with Gasteiger partial charge in [-0.25, -0.2) is 0 Å². The van der Waals surface area contributed by atoms with E-state index in [1.54, 1.807) is 0 Å². The molecule has 5 nitrogen and oxygen atoms in total. The highest BCUT2D eigenvalue weighted by atomic mass is 15.2. The van der Waals surface area contributed by atoms with E-state index in [1.165, 1.54) is 49.7 Å². The van der Waals surface area contributed by atoms with Crippen LogP contribution in [0.15, 0.2) is 213 Å². The van der Waals surface area contributed by atoms with Gasteiger partial charge in [-0.05, 0) is 113 Å². The van der Waals surface area contributed by atoms with Gasteiger partial charge in [-0.3, -0.25) is 4.98 Å². The molecule has 12 rings (SSSR count). The number of aromatic nitrogens is 2. The number of benzene rings is 8. The number of fused-ring (bicyclic) bond motifs is 7. The zero-order valence-corrected chi connectivity index (χ0v) is 36.4. The van der Waals surface area contributed by atoms with Crippen LogP contribution in [0.25, 0.3) is 27.5 Å². The predicted octanol–water partition coefficient (Wildman–Crippen LogP) is 15.9. The van der Waals surface area contributed by atoms with E-state index in [0.717, 1.165) is 51.2 Å². The van der Waals surface area contributed by atoms with E-state index in [9.17, 15) is 0 Å². The Hall–Kier alpha value is -7.89. The van der Waals surface area contributed by atoms with Crippen LogP contribution < -0.4 is 14.7 Å². The highest BCUT2D eigenvalue weighted by Crippen LogP contribution is 2.56. The van der Waals surface area contributed by atoms with Crippen LogP contribution in [0.1, 0.15) is 49.9 Å². The third-order valence-electron chi connectivity index (χ3n) is 13.8. The zero-order valence-electron chi connectivity index (χ0n) is 36.4. The third kappa shape index (κ3) is 5.67. The first-order chi connectivity index (χ1) is 31.3. The standard InChI is InChI=1S/C59H47N5/c1-58(2)48-25-13-18-30-55(48)64(57-39-60-34-33-50(57)58)45-36-43(62-52-27-15-11-23-46(52)47-24-12-16-28-53(47)62)35-44(37-45)63-54-29-17-14-26-49(54)59(3,4)51-38-42(31-32-56(51)63)61(40-19-7-5-8-20-40)41-21-9-6-10-22-41/h5-39H,1-4H3. The van der Waals surface area contributed by atoms with Crippen LogP contribution in [0.3, 0.4) is 0 Å². The second-order valence-electron chi connectivity index (χ2n) is 18.1. The summed E-state index contributed by atoms with van der Waals surface area (Å²) in [6.07, 6.45) is 3.97. The van der Waals surface area contributed by atoms with E-state index in [1.807, 2.05) is 12.4 Å². The molecule has 0 unspecified atom stereocenters. The van der Waals surface area contributed by atoms with Crippen LogP contribution >= 0.6 is 0 Å². The van der Waals surface area contributed by atoms with Gasteiger partial charge in [0.25, 0.3) is 0 Å². The molecule has 0 fully saturated rings. The van der Waals surface area contributed by atoms with Gasteiger partial charge in [-0.1, -0.05) is 137 Å². The van der Waals surface area contributed by atoms with Crippen LogP contribution in [0.4, 0.5) is 51.2 Å². The van der Waals surface area contributed by atoms with Crippen LogP contribution in [-0.2, 0) is 10.8 Å². The van der Waals surface area contributed by atoms with Gasteiger partial charge in [-0.2, -0.15) is 0 Å². The molecule has 0 bridgehead atoms. The Labute approximate surface area is 374 Å². The lowest BCUT2D eigenvalue weighted by Crippen LogP contribution is -2.32. The smallest absolute Gasteiger partial charge is 0.0685 e. The van der Waals surface area contributed by atoms with Crippen molar-refractivity contribution in [1.82, 2.24) is 9.55 Å². The monoisotopic (exact) mass is 825 g/mol. The Morgan fingerprint density at radius 2 is 0.828 bits per heavy atom. The van der Waals surface area contributed by atoms with Gasteiger partial charge in [0.1, 0.15) is 0 Å². The summed E-state index contributed by atoms with van der Waals surface area (Å²) in [7, 11) is 0. The summed E-state index contributed by atoms with van der Waals surface area (Å²) in [4.78, 5) is 12.1. The van der Waals surface area contributed by atoms with Crippen LogP contribution in [0.2, 0.25) is 0 Å². The number of pyridine rings is 1. The number of para-hydroxylation sites is 6. The summed E-state index contributed by atoms with van der Waals surface area (Å²) in [5.74, 6) is 0. The second kappa shape index (κ2) is 14.3. The average Bonchev–Trinajstić information content (AvgIpc) is 3.67. The van der Waals surface area contributed by atoms with Crippen molar-refractivity contribution in [3.8, 4) is 5.69 Å². The molecule has 8 aromatic carbocycles. The summed E-state index contributed by atoms with van der Waals surface area (Å²) in [6, 6.07) is 73.2. The van der Waals surface area contributed by atoms with Gasteiger partial charge >= 0.3 is 0 Å². The van der Waals surface area contributed by atoms with Gasteiger partial charge in [0.05, 0.1) is 57.0 Å². The molecule has 0 saturated heterocycles. The number of hydrogen-bond donors (Lipinski definition) is 0. The molecule has 0 saturated carbocycles. The molecule has 0 radical (unpaired) electrons. The fourth-order valence-corrected chi connectivity index (χ4v) is 10.7. The van der Waals surface area contributed by atoms with Crippen molar-refractivity contribution in [3.05, 3.63) is 235 Å². The number of anilines is 9. The lowest BCUT2D eigenvalue weighted by atomic mass is 9.73. The van der Waals surface area contributed by atoms with Gasteiger partial charge < -0.3 is 19.3 Å². The first kappa shape index (κ1) is 37.8. The van der Waals surface area contributed by atoms with Gasteiger partial charge in [0.2, 0.25) is 0 Å². The van der Waals surface area contributed by atoms with Gasteiger partial charge in [-0.15, -0.1) is 0 Å². The van der Waals surface area contributed by atoms with Crippen molar-refractivity contribution < 1.29 is 0 Å². The maximum atomic E-state index is 4.76. The Bertz CT molecular complexity index is 3280. The molecule has 5 heteroatoms. The number of hydrogen-bond acceptors (Lipinski definition) is 4. The normalized spacial score (nSPS) is 14.4. The molecule has 0 spiro atoms. The zero-order chi connectivity index (χ0) is 43.2. The van der Waals surface area contributed by atoms with Crippen molar-refractivity contribution in [1.29, 1.82) is 0 Å². The molecule has 64 heavy (non-hydrogen) atoms. The SMILES string of the molecule is CC1(C)c2ccccc2N(c2cc(N3c4ccccc4C(C)(C)c4cc(N(c5ccccc5)c5ccccc5)ccc43)cc(-n3c4ccccc4c4ccccc43)c2)c2cnccc21. The number of nitrogens with zero attached hydrogens (tertiary/aromatic N) is 5. The molecule has 4 heterocycles. The summed E-state index contributed by atoms with van der Waals surface area (Å²) in [5, 5.41) is 2.46. The molecule has 2 aromatic heterocycles. The second-order valence-corrected chi connectivity index (χ2v) is 18.1. The minimum absolute atomic E-state index is 0.222. The fraction of sp³-hybridized carbons (Fsp3) is 0.102. The molecular weight excluding hydrogens is 779 g/mol. The Balaban J connectivity index is 1.14. The van der Waals surface area contributed by atoms with E-state index < -0.39 is 0 Å². The Morgan fingerprint density at radius 1 is 0.375 bits per heavy atom. The molecule has 0 aliphatic carbocycles. The maximum absolute atomic E-state index is 4.76. The predicted molar refractivity (Wildman–Crippen MR) is 267 cm³/mol. The first-order valence-electron chi connectivity index (χ1n) is 22.2. The van der Waals surface area contributed by atoms with Crippen LogP contribution in [0.5, 0.6) is 0 Å². The summed E-state index contributed by atoms with van der Waals surface area (Å²) >= 11 is 0. The highest BCUT2D eigenvalue weighted by molar-refractivity contribution is 6.09. The van der Waals surface area contributed by atoms with Crippen molar-refractivity contribution in [3.63, 3.8) is 0 Å². The molecule has 2 aliphatic rings. The molecule has 308 valence electrons. The van der Waals surface area contributed by atoms with E-state index in [4.69, 9.17) is 4.98 Å². The molecule has 0 amide bonds. The van der Waals surface area contributed by atoms with E-state index in [0.29, 0.717) is 0 Å². The third-order valence-corrected chi connectivity index (χ3v) is 13.8. The largest absolute Gasteiger partial charge is 0.310 e. The molecule has 0 atom stereocenters. The minimum atomic E-state index is -0.313. The van der Waals surface area contributed by atoms with E-state index >= 15 is 0 Å². The van der Waals surface area contributed by atoms with E-state index in [-0.39, 0.29) is 10.8 Å². The lowest BCUT2D eigenvalue weighted by molar-refractivity contribution is 0.630. The fourth-order valence-electron chi connectivity index (χ4n) is 10.7. The maximum Gasteiger partial charge on any atom is 0.0685 e. The first-order valence-corrected chi connectivity index (χ1v) is 22.2. The van der Waals surface area contributed by atoms with Gasteiger partial charge in [0.15, 0.2) is 0 Å². The summed E-state index contributed by atoms with van der Waals surface area (Å²) in [5.41, 5.74) is 18.0. The molecule has 10 aromatic rings. The highest BCUT2D eigenvalue weighted by Gasteiger charge is 2.40. The number of rotatable bonds is 6. The van der Waals surface area contributed by atoms with E-state index in [2.05, 4.69) is 247 Å². The summed E-state index contributed by atoms with van der Waals surface area (Å²) < 4.78 is 2.45. The van der Waals surface area contributed by atoms with Crippen LogP contribution in [0, 0.1) is 0 Å². The average molecular weight is 826 g/mol. The van der Waals surface area contributed by atoms with Crippen molar-refractivity contribution in [2.24, 2.45) is 0 Å². The van der Waals surface area contributed by atoms with Gasteiger partial charge in [0, 0.05) is 44.9 Å². The van der Waals surface area contributed by atoms with Crippen LogP contribution in [-0.4, -0.2) is 9.55 Å². The summed E-state index contributed by atoms with van der Waals surface area (Å²) in [6.45, 7) is 9.40. The molecule has 2 aliphatic heterocycles. The Morgan fingerprint density at radius 3 is 1.42 bits per heavy atom. The van der Waals surface area contributed by atoms with Crippen molar-refractivity contribution in [2.75, 3.05) is 14.7 Å². The quantitative estimate of drug-likeness (QED) is 0.167. The lowest BCUT2D eigenvalue weighted by Gasteiger charge is -2.44. The van der Waals surface area contributed by atoms with Crippen molar-refractivity contribution in [2.45, 2.75) is 38.5 Å². The minimum Gasteiger partial charge on any atom is -0.310 e. The van der Waals surface area contributed by atoms with Crippen molar-refractivity contribution >= 4 is 73.0 Å². The molecule has 0 N–H and O–H groups in total. The molecular formula is C59H47N5. The topological polar surface area (TPSA) is 27.5 Å².